The van der Waals surface area contributed by atoms with E-state index in [0.717, 1.165) is 49.7 Å². The predicted octanol–water partition coefficient (Wildman–Crippen LogP) is 5.02. The molecule has 3 aromatic rings. The van der Waals surface area contributed by atoms with Gasteiger partial charge >= 0.3 is 0 Å². The van der Waals surface area contributed by atoms with Gasteiger partial charge in [0, 0.05) is 36.9 Å². The first-order valence-electron chi connectivity index (χ1n) is 11.1. The third-order valence-electron chi connectivity index (χ3n) is 6.05. The molecule has 0 spiro atoms. The van der Waals surface area contributed by atoms with Gasteiger partial charge in [-0.2, -0.15) is 0 Å². The number of carbonyl (C=O) groups is 1. The zero-order valence-electron chi connectivity index (χ0n) is 18.7. The van der Waals surface area contributed by atoms with Crippen molar-refractivity contribution in [3.63, 3.8) is 0 Å². The quantitative estimate of drug-likeness (QED) is 0.528. The van der Waals surface area contributed by atoms with Crippen LogP contribution in [0.2, 0.25) is 0 Å². The lowest BCUT2D eigenvalue weighted by molar-refractivity contribution is 0.0958. The summed E-state index contributed by atoms with van der Waals surface area (Å²) in [7, 11) is 3.35. The minimum atomic E-state index is 0.0435. The van der Waals surface area contributed by atoms with Crippen molar-refractivity contribution in [1.82, 2.24) is 4.90 Å². The Morgan fingerprint density at radius 2 is 1.56 bits per heavy atom. The molecule has 1 amide bonds. The van der Waals surface area contributed by atoms with Gasteiger partial charge in [-0.25, -0.2) is 0 Å². The first kappa shape index (κ1) is 21.9. The second kappa shape index (κ2) is 10.3. The number of rotatable bonds is 7. The van der Waals surface area contributed by atoms with Gasteiger partial charge in [-0.3, -0.25) is 9.69 Å². The topological polar surface area (TPSA) is 42.0 Å². The fraction of sp³-hybridized carbons (Fsp3) is 0.296. The minimum absolute atomic E-state index is 0.0435. The molecule has 5 heteroatoms. The van der Waals surface area contributed by atoms with Crippen molar-refractivity contribution in [2.75, 3.05) is 32.2 Å². The zero-order chi connectivity index (χ0) is 22.3. The number of benzene rings is 3. The molecule has 32 heavy (non-hydrogen) atoms. The van der Waals surface area contributed by atoms with E-state index in [-0.39, 0.29) is 11.9 Å². The Bertz CT molecular complexity index is 1010. The fourth-order valence-corrected chi connectivity index (χ4v) is 4.32. The van der Waals surface area contributed by atoms with Crippen molar-refractivity contribution in [2.45, 2.75) is 25.4 Å². The molecule has 0 unspecified atom stereocenters. The lowest BCUT2D eigenvalue weighted by Crippen LogP contribution is -2.47. The highest BCUT2D eigenvalue weighted by molar-refractivity contribution is 6.06. The van der Waals surface area contributed by atoms with Gasteiger partial charge in [0.15, 0.2) is 0 Å². The molecule has 166 valence electrons. The van der Waals surface area contributed by atoms with Crippen LogP contribution in [0.15, 0.2) is 78.9 Å². The maximum Gasteiger partial charge on any atom is 0.258 e. The summed E-state index contributed by atoms with van der Waals surface area (Å²) in [5, 5.41) is 0. The van der Waals surface area contributed by atoms with Gasteiger partial charge in [0.1, 0.15) is 11.5 Å². The van der Waals surface area contributed by atoms with Crippen LogP contribution in [0, 0.1) is 0 Å². The van der Waals surface area contributed by atoms with E-state index in [4.69, 9.17) is 9.47 Å². The van der Waals surface area contributed by atoms with Crippen LogP contribution in [0.1, 0.15) is 28.8 Å². The van der Waals surface area contributed by atoms with Crippen LogP contribution in [0.25, 0.3) is 0 Å². The van der Waals surface area contributed by atoms with Crippen LogP contribution in [-0.4, -0.2) is 44.2 Å². The third-order valence-corrected chi connectivity index (χ3v) is 6.05. The number of hydrogen-bond acceptors (Lipinski definition) is 4. The molecule has 1 fully saturated rings. The standard InChI is InChI=1S/C27H30N2O3/c1-31-25-13-11-23(12-14-25)29(27(30)22-8-4-3-5-9-22)24-15-17-28(18-16-24)20-21-7-6-10-26(19-21)32-2/h3-14,19,24H,15-18,20H2,1-2H3. The lowest BCUT2D eigenvalue weighted by atomic mass is 10.00. The van der Waals surface area contributed by atoms with Crippen molar-refractivity contribution in [3.8, 4) is 11.5 Å². The summed E-state index contributed by atoms with van der Waals surface area (Å²) in [4.78, 5) is 17.9. The molecule has 0 aromatic heterocycles. The van der Waals surface area contributed by atoms with Gasteiger partial charge in [-0.15, -0.1) is 0 Å². The van der Waals surface area contributed by atoms with E-state index < -0.39 is 0 Å². The van der Waals surface area contributed by atoms with Gasteiger partial charge in [-0.1, -0.05) is 30.3 Å². The summed E-state index contributed by atoms with van der Waals surface area (Å²) in [6.07, 6.45) is 1.85. The number of piperidine rings is 1. The molecule has 3 aromatic carbocycles. The molecule has 1 saturated heterocycles. The third kappa shape index (κ3) is 5.11. The van der Waals surface area contributed by atoms with Crippen LogP contribution >= 0.6 is 0 Å². The molecule has 0 saturated carbocycles. The molecule has 1 aliphatic heterocycles. The number of likely N-dealkylation sites (tertiary alicyclic amines) is 1. The second-order valence-corrected chi connectivity index (χ2v) is 8.10. The van der Waals surface area contributed by atoms with Crippen LogP contribution in [0.4, 0.5) is 5.69 Å². The second-order valence-electron chi connectivity index (χ2n) is 8.10. The normalized spacial score (nSPS) is 14.7. The number of hydrogen-bond donors (Lipinski definition) is 0. The molecular weight excluding hydrogens is 400 g/mol. The molecule has 1 heterocycles. The van der Waals surface area contributed by atoms with Crippen LogP contribution in [0.5, 0.6) is 11.5 Å². The van der Waals surface area contributed by atoms with E-state index in [2.05, 4.69) is 17.0 Å². The number of methoxy groups -OCH3 is 2. The maximum absolute atomic E-state index is 13.5. The minimum Gasteiger partial charge on any atom is -0.497 e. The fourth-order valence-electron chi connectivity index (χ4n) is 4.32. The first-order valence-corrected chi connectivity index (χ1v) is 11.1. The highest BCUT2D eigenvalue weighted by Gasteiger charge is 2.30. The Labute approximate surface area is 190 Å². The van der Waals surface area contributed by atoms with Crippen LogP contribution in [0.3, 0.4) is 0 Å². The Kier molecular flexibility index (Phi) is 7.07. The average molecular weight is 431 g/mol. The van der Waals surface area contributed by atoms with Gasteiger partial charge in [-0.05, 0) is 66.9 Å². The lowest BCUT2D eigenvalue weighted by Gasteiger charge is -2.38. The van der Waals surface area contributed by atoms with Gasteiger partial charge in [0.2, 0.25) is 0 Å². The molecule has 4 rings (SSSR count). The van der Waals surface area contributed by atoms with Crippen molar-refractivity contribution in [3.05, 3.63) is 90.0 Å². The number of amides is 1. The Morgan fingerprint density at radius 1 is 0.875 bits per heavy atom. The number of carbonyl (C=O) groups excluding carboxylic acids is 1. The van der Waals surface area contributed by atoms with E-state index in [0.29, 0.717) is 5.56 Å². The van der Waals surface area contributed by atoms with E-state index in [1.165, 1.54) is 5.56 Å². The van der Waals surface area contributed by atoms with Crippen LogP contribution in [-0.2, 0) is 6.54 Å². The number of ether oxygens (including phenoxy) is 2. The summed E-state index contributed by atoms with van der Waals surface area (Å²) >= 11 is 0. The molecule has 0 aliphatic carbocycles. The molecule has 0 radical (unpaired) electrons. The molecule has 0 bridgehead atoms. The van der Waals surface area contributed by atoms with Crippen molar-refractivity contribution in [2.24, 2.45) is 0 Å². The Hall–Kier alpha value is -3.31. The number of anilines is 1. The predicted molar refractivity (Wildman–Crippen MR) is 128 cm³/mol. The summed E-state index contributed by atoms with van der Waals surface area (Å²) < 4.78 is 10.7. The molecule has 5 nitrogen and oxygen atoms in total. The average Bonchev–Trinajstić information content (AvgIpc) is 2.86. The first-order chi connectivity index (χ1) is 15.7. The van der Waals surface area contributed by atoms with Crippen molar-refractivity contribution < 1.29 is 14.3 Å². The zero-order valence-corrected chi connectivity index (χ0v) is 18.7. The molecular formula is C27H30N2O3. The monoisotopic (exact) mass is 430 g/mol. The summed E-state index contributed by atoms with van der Waals surface area (Å²) in [6.45, 7) is 2.77. The molecule has 1 aliphatic rings. The van der Waals surface area contributed by atoms with Crippen molar-refractivity contribution >= 4 is 11.6 Å². The van der Waals surface area contributed by atoms with E-state index in [1.807, 2.05) is 71.6 Å². The Balaban J connectivity index is 1.49. The summed E-state index contributed by atoms with van der Waals surface area (Å²) in [5.74, 6) is 1.72. The SMILES string of the molecule is COc1ccc(N(C(=O)c2ccccc2)C2CCN(Cc3cccc(OC)c3)CC2)cc1. The Morgan fingerprint density at radius 3 is 2.22 bits per heavy atom. The highest BCUT2D eigenvalue weighted by Crippen LogP contribution is 2.28. The van der Waals surface area contributed by atoms with Crippen molar-refractivity contribution in [1.29, 1.82) is 0 Å². The summed E-state index contributed by atoms with van der Waals surface area (Å²) in [5.41, 5.74) is 2.86. The number of nitrogens with zero attached hydrogens (tertiary/aromatic N) is 2. The molecule has 0 N–H and O–H groups in total. The van der Waals surface area contributed by atoms with Gasteiger partial charge in [0.05, 0.1) is 14.2 Å². The smallest absolute Gasteiger partial charge is 0.258 e. The van der Waals surface area contributed by atoms with E-state index in [1.54, 1.807) is 14.2 Å². The van der Waals surface area contributed by atoms with Gasteiger partial charge < -0.3 is 14.4 Å². The molecule has 0 atom stereocenters. The van der Waals surface area contributed by atoms with Gasteiger partial charge in [0.25, 0.3) is 5.91 Å². The summed E-state index contributed by atoms with van der Waals surface area (Å²) in [6, 6.07) is 25.7. The van der Waals surface area contributed by atoms with E-state index >= 15 is 0 Å². The largest absolute Gasteiger partial charge is 0.497 e. The van der Waals surface area contributed by atoms with Crippen LogP contribution < -0.4 is 14.4 Å². The maximum atomic E-state index is 13.5. The highest BCUT2D eigenvalue weighted by atomic mass is 16.5. The van der Waals surface area contributed by atoms with E-state index in [9.17, 15) is 4.79 Å².